The van der Waals surface area contributed by atoms with Crippen LogP contribution in [-0.4, -0.2) is 60.7 Å². The predicted octanol–water partition coefficient (Wildman–Crippen LogP) is 4.70. The summed E-state index contributed by atoms with van der Waals surface area (Å²) in [5.74, 6) is -0.335. The van der Waals surface area contributed by atoms with E-state index in [0.29, 0.717) is 30.0 Å². The van der Waals surface area contributed by atoms with E-state index in [9.17, 15) is 18.3 Å². The summed E-state index contributed by atoms with van der Waals surface area (Å²) in [6.45, 7) is 6.47. The molecule has 220 valence electrons. The predicted molar refractivity (Wildman–Crippen MR) is 162 cm³/mol. The second-order valence-electron chi connectivity index (χ2n) is 11.9. The Kier molecular flexibility index (Phi) is 9.70. The van der Waals surface area contributed by atoms with Gasteiger partial charge < -0.3 is 15.5 Å². The number of likely N-dealkylation sites (N-methyl/N-ethyl adjacent to an activating group) is 1. The van der Waals surface area contributed by atoms with Crippen molar-refractivity contribution in [3.63, 3.8) is 0 Å². The average Bonchev–Trinajstić information content (AvgIpc) is 3.33. The lowest BCUT2D eigenvalue weighted by molar-refractivity contribution is -0.136. The molecule has 0 unspecified atom stereocenters. The van der Waals surface area contributed by atoms with E-state index < -0.39 is 22.1 Å². The topological polar surface area (TPSA) is 107 Å². The SMILES string of the molecule is CCc1cc(-c2ccc(CC(=O)O)cc2)ccc1S(=O)(=O)N(C)C[C@H](O)CNC(C)(C)CC1Cc2ccccc2C1. The molecule has 0 bridgehead atoms. The lowest BCUT2D eigenvalue weighted by Crippen LogP contribution is -2.47. The number of hydrogen-bond acceptors (Lipinski definition) is 5. The maximum absolute atomic E-state index is 13.5. The van der Waals surface area contributed by atoms with Gasteiger partial charge in [-0.3, -0.25) is 4.79 Å². The van der Waals surface area contributed by atoms with Gasteiger partial charge in [-0.2, -0.15) is 4.31 Å². The van der Waals surface area contributed by atoms with Crippen molar-refractivity contribution in [2.45, 2.75) is 69.4 Å². The third-order valence-electron chi connectivity index (χ3n) is 7.99. The van der Waals surface area contributed by atoms with Crippen LogP contribution in [0.5, 0.6) is 0 Å². The largest absolute Gasteiger partial charge is 0.481 e. The molecule has 0 saturated carbocycles. The molecule has 1 atom stereocenters. The van der Waals surface area contributed by atoms with Crippen molar-refractivity contribution in [3.05, 3.63) is 89.0 Å². The average molecular weight is 579 g/mol. The molecule has 4 rings (SSSR count). The maximum Gasteiger partial charge on any atom is 0.307 e. The molecule has 0 saturated heterocycles. The van der Waals surface area contributed by atoms with Crippen molar-refractivity contribution in [1.29, 1.82) is 0 Å². The van der Waals surface area contributed by atoms with E-state index in [1.807, 2.05) is 25.1 Å². The third kappa shape index (κ3) is 7.83. The van der Waals surface area contributed by atoms with Crippen molar-refractivity contribution in [3.8, 4) is 11.1 Å². The van der Waals surface area contributed by atoms with Crippen LogP contribution in [0.4, 0.5) is 0 Å². The van der Waals surface area contributed by atoms with Crippen LogP contribution in [-0.2, 0) is 40.5 Å². The highest BCUT2D eigenvalue weighted by Crippen LogP contribution is 2.32. The van der Waals surface area contributed by atoms with E-state index in [4.69, 9.17) is 5.11 Å². The van der Waals surface area contributed by atoms with Crippen LogP contribution in [0.25, 0.3) is 11.1 Å². The fourth-order valence-electron chi connectivity index (χ4n) is 5.89. The fourth-order valence-corrected chi connectivity index (χ4v) is 7.36. The quantitative estimate of drug-likeness (QED) is 0.272. The number of nitrogens with zero attached hydrogens (tertiary/aromatic N) is 1. The van der Waals surface area contributed by atoms with Crippen LogP contribution in [0.2, 0.25) is 0 Å². The summed E-state index contributed by atoms with van der Waals surface area (Å²) in [5.41, 5.74) is 5.80. The molecule has 0 fully saturated rings. The number of benzene rings is 3. The Balaban J connectivity index is 1.36. The highest BCUT2D eigenvalue weighted by atomic mass is 32.2. The number of aliphatic hydroxyl groups is 1. The van der Waals surface area contributed by atoms with Gasteiger partial charge in [-0.15, -0.1) is 0 Å². The molecule has 0 aromatic heterocycles. The summed E-state index contributed by atoms with van der Waals surface area (Å²) < 4.78 is 28.3. The Morgan fingerprint density at radius 1 is 1.02 bits per heavy atom. The number of β-amino-alcohol motifs (C(OH)–C–C–N with tert-alkyl or cyclic N) is 1. The zero-order valence-electron chi connectivity index (χ0n) is 24.4. The molecular formula is C33H42N2O5S. The van der Waals surface area contributed by atoms with Crippen molar-refractivity contribution in [2.24, 2.45) is 5.92 Å². The summed E-state index contributed by atoms with van der Waals surface area (Å²) in [6.07, 6.45) is 2.73. The molecule has 1 aliphatic rings. The molecule has 41 heavy (non-hydrogen) atoms. The van der Waals surface area contributed by atoms with Gasteiger partial charge in [-0.25, -0.2) is 8.42 Å². The molecule has 8 heteroatoms. The van der Waals surface area contributed by atoms with Crippen molar-refractivity contribution < 1.29 is 23.4 Å². The van der Waals surface area contributed by atoms with E-state index in [1.165, 1.54) is 22.5 Å². The number of aliphatic carboxylic acids is 1. The number of carboxylic acids is 1. The molecule has 0 spiro atoms. The van der Waals surface area contributed by atoms with Crippen LogP contribution in [0, 0.1) is 5.92 Å². The maximum atomic E-state index is 13.5. The van der Waals surface area contributed by atoms with Crippen molar-refractivity contribution >= 4 is 16.0 Å². The van der Waals surface area contributed by atoms with E-state index in [0.717, 1.165) is 30.4 Å². The highest BCUT2D eigenvalue weighted by molar-refractivity contribution is 7.89. The number of aryl methyl sites for hydroxylation is 1. The van der Waals surface area contributed by atoms with Crippen LogP contribution in [0.1, 0.15) is 49.4 Å². The minimum absolute atomic E-state index is 0.0176. The van der Waals surface area contributed by atoms with Gasteiger partial charge in [-0.05, 0) is 91.0 Å². The molecule has 0 amide bonds. The second kappa shape index (κ2) is 12.9. The van der Waals surface area contributed by atoms with Gasteiger partial charge >= 0.3 is 5.97 Å². The molecule has 0 heterocycles. The monoisotopic (exact) mass is 578 g/mol. The molecule has 3 aromatic carbocycles. The molecular weight excluding hydrogens is 536 g/mol. The van der Waals surface area contributed by atoms with E-state index in [1.54, 1.807) is 24.3 Å². The van der Waals surface area contributed by atoms with Gasteiger partial charge in [0.25, 0.3) is 0 Å². The van der Waals surface area contributed by atoms with Gasteiger partial charge in [0, 0.05) is 25.7 Å². The zero-order valence-corrected chi connectivity index (χ0v) is 25.2. The number of nitrogens with one attached hydrogen (secondary N) is 1. The van der Waals surface area contributed by atoms with Crippen LogP contribution in [0.3, 0.4) is 0 Å². The first-order chi connectivity index (χ1) is 19.4. The molecule has 7 nitrogen and oxygen atoms in total. The molecule has 0 aliphatic heterocycles. The number of fused-ring (bicyclic) bond motifs is 1. The van der Waals surface area contributed by atoms with E-state index in [-0.39, 0.29) is 23.4 Å². The smallest absolute Gasteiger partial charge is 0.307 e. The number of rotatable bonds is 13. The Labute approximate surface area is 244 Å². The lowest BCUT2D eigenvalue weighted by Gasteiger charge is -2.31. The number of hydrogen-bond donors (Lipinski definition) is 3. The number of carbonyl (C=O) groups is 1. The first kappa shape index (κ1) is 30.9. The fraction of sp³-hybridized carbons (Fsp3) is 0.424. The molecule has 3 N–H and O–H groups in total. The Morgan fingerprint density at radius 2 is 1.63 bits per heavy atom. The molecule has 1 aliphatic carbocycles. The molecule has 3 aromatic rings. The standard InChI is InChI=1S/C33H42N2O5S/c1-5-25-19-29(26-12-10-23(11-13-26)18-32(37)38)14-15-31(25)41(39,40)35(4)22-30(36)21-34-33(2,3)20-24-16-27-8-6-7-9-28(27)17-24/h6-15,19,24,30,34,36H,5,16-18,20-22H2,1-4H3,(H,37,38)/t30-/m1/s1. The summed E-state index contributed by atoms with van der Waals surface area (Å²) in [6, 6.07) is 21.1. The number of carboxylic acid groups (broad SMARTS) is 1. The van der Waals surface area contributed by atoms with Gasteiger partial charge in [-0.1, -0.05) is 61.5 Å². The van der Waals surface area contributed by atoms with Crippen LogP contribution >= 0.6 is 0 Å². The molecule has 0 radical (unpaired) electrons. The Bertz CT molecular complexity index is 1440. The second-order valence-corrected chi connectivity index (χ2v) is 13.9. The van der Waals surface area contributed by atoms with Gasteiger partial charge in [0.2, 0.25) is 10.0 Å². The van der Waals surface area contributed by atoms with Crippen molar-refractivity contribution in [1.82, 2.24) is 9.62 Å². The highest BCUT2D eigenvalue weighted by Gasteiger charge is 2.30. The van der Waals surface area contributed by atoms with Crippen molar-refractivity contribution in [2.75, 3.05) is 20.1 Å². The van der Waals surface area contributed by atoms with Crippen LogP contribution in [0.15, 0.2) is 71.6 Å². The first-order valence-electron chi connectivity index (χ1n) is 14.3. The minimum Gasteiger partial charge on any atom is -0.481 e. The zero-order chi connectivity index (χ0) is 29.8. The summed E-state index contributed by atoms with van der Waals surface area (Å²) in [7, 11) is -2.31. The van der Waals surface area contributed by atoms with Gasteiger partial charge in [0.05, 0.1) is 17.4 Å². The summed E-state index contributed by atoms with van der Waals surface area (Å²) >= 11 is 0. The minimum atomic E-state index is -3.82. The van der Waals surface area contributed by atoms with E-state index >= 15 is 0 Å². The third-order valence-corrected chi connectivity index (χ3v) is 9.91. The Hall–Kier alpha value is -3.04. The van der Waals surface area contributed by atoms with Gasteiger partial charge in [0.15, 0.2) is 0 Å². The summed E-state index contributed by atoms with van der Waals surface area (Å²) in [4.78, 5) is 11.2. The lowest BCUT2D eigenvalue weighted by atomic mass is 9.88. The number of sulfonamides is 1. The van der Waals surface area contributed by atoms with Gasteiger partial charge in [0.1, 0.15) is 0 Å². The number of aliphatic hydroxyl groups excluding tert-OH is 1. The summed E-state index contributed by atoms with van der Waals surface area (Å²) in [5, 5.41) is 23.2. The normalized spacial score (nSPS) is 14.8. The van der Waals surface area contributed by atoms with Crippen LogP contribution < -0.4 is 5.32 Å². The Morgan fingerprint density at radius 3 is 2.22 bits per heavy atom. The first-order valence-corrected chi connectivity index (χ1v) is 15.7. The van der Waals surface area contributed by atoms with E-state index in [2.05, 4.69) is 43.4 Å².